The zero-order valence-corrected chi connectivity index (χ0v) is 16.0. The molecule has 0 fully saturated rings. The van der Waals surface area contributed by atoms with Crippen LogP contribution >= 0.6 is 36.4 Å². The van der Waals surface area contributed by atoms with Gasteiger partial charge in [0.15, 0.2) is 0 Å². The Labute approximate surface area is 162 Å². The van der Waals surface area contributed by atoms with Gasteiger partial charge in [-0.2, -0.15) is 13.2 Å². The number of nitrogens with zero attached hydrogens (tertiary/aromatic N) is 1. The van der Waals surface area contributed by atoms with Crippen LogP contribution in [0.3, 0.4) is 0 Å². The van der Waals surface area contributed by atoms with Crippen molar-refractivity contribution < 1.29 is 18.0 Å². The van der Waals surface area contributed by atoms with Crippen LogP contribution in [0.4, 0.5) is 19.0 Å². The maximum atomic E-state index is 12.5. The second kappa shape index (κ2) is 13.3. The number of hydrogen-bond acceptors (Lipinski definition) is 4. The zero-order chi connectivity index (χ0) is 17.3. The minimum Gasteiger partial charge on any atom is -0.368 e. The van der Waals surface area contributed by atoms with Crippen LogP contribution in [0.25, 0.3) is 0 Å². The van der Waals surface area contributed by atoms with Crippen LogP contribution in [0.1, 0.15) is 25.3 Å². The molecular weight excluding hydrogens is 404 g/mol. The van der Waals surface area contributed by atoms with E-state index < -0.39 is 11.7 Å². The largest absolute Gasteiger partial charge is 0.417 e. The van der Waals surface area contributed by atoms with Crippen molar-refractivity contribution in [2.24, 2.45) is 0 Å². The number of nitrogens with one attached hydrogen (secondary N) is 3. The Bertz CT molecular complexity index is 519. The van der Waals surface area contributed by atoms with Gasteiger partial charge >= 0.3 is 6.18 Å². The number of rotatable bonds is 9. The van der Waals surface area contributed by atoms with Gasteiger partial charge in [0.25, 0.3) is 0 Å². The van der Waals surface area contributed by atoms with Crippen LogP contribution in [0.5, 0.6) is 0 Å². The van der Waals surface area contributed by atoms with E-state index in [9.17, 15) is 18.0 Å². The maximum absolute atomic E-state index is 12.5. The first-order chi connectivity index (χ1) is 10.8. The highest BCUT2D eigenvalue weighted by molar-refractivity contribution is 6.32. The van der Waals surface area contributed by atoms with E-state index in [2.05, 4.69) is 27.9 Å². The van der Waals surface area contributed by atoms with Crippen molar-refractivity contribution in [2.75, 3.05) is 31.5 Å². The van der Waals surface area contributed by atoms with Crippen molar-refractivity contribution in [2.45, 2.75) is 25.9 Å². The summed E-state index contributed by atoms with van der Waals surface area (Å²) in [7, 11) is 0. The summed E-state index contributed by atoms with van der Waals surface area (Å²) in [5.41, 5.74) is -0.912. The van der Waals surface area contributed by atoms with Gasteiger partial charge in [-0.3, -0.25) is 4.79 Å². The normalized spacial score (nSPS) is 10.4. The van der Waals surface area contributed by atoms with Crippen molar-refractivity contribution in [3.63, 3.8) is 0 Å². The monoisotopic (exact) mass is 424 g/mol. The fourth-order valence-electron chi connectivity index (χ4n) is 1.70. The molecule has 1 rings (SSSR count). The fraction of sp³-hybridized carbons (Fsp3) is 0.571. The van der Waals surface area contributed by atoms with Crippen LogP contribution < -0.4 is 16.0 Å². The van der Waals surface area contributed by atoms with E-state index in [4.69, 9.17) is 11.6 Å². The highest BCUT2D eigenvalue weighted by Crippen LogP contribution is 2.32. The van der Waals surface area contributed by atoms with E-state index in [1.54, 1.807) is 0 Å². The number of amides is 1. The first kappa shape index (κ1) is 26.3. The van der Waals surface area contributed by atoms with Crippen molar-refractivity contribution in [1.29, 1.82) is 0 Å². The Balaban J connectivity index is 0. The molecule has 25 heavy (non-hydrogen) atoms. The van der Waals surface area contributed by atoms with Gasteiger partial charge in [-0.05, 0) is 19.0 Å². The summed E-state index contributed by atoms with van der Waals surface area (Å²) in [5, 5.41) is 8.49. The third-order valence-corrected chi connectivity index (χ3v) is 3.15. The van der Waals surface area contributed by atoms with E-state index in [1.165, 1.54) is 0 Å². The van der Waals surface area contributed by atoms with Gasteiger partial charge in [0.05, 0.1) is 10.6 Å². The van der Waals surface area contributed by atoms with Gasteiger partial charge in [0.2, 0.25) is 5.91 Å². The third-order valence-electron chi connectivity index (χ3n) is 2.86. The van der Waals surface area contributed by atoms with Crippen LogP contribution in [-0.4, -0.2) is 37.1 Å². The number of alkyl halides is 3. The smallest absolute Gasteiger partial charge is 0.368 e. The maximum Gasteiger partial charge on any atom is 0.417 e. The van der Waals surface area contributed by atoms with Crippen LogP contribution in [0, 0.1) is 0 Å². The number of pyridine rings is 1. The quantitative estimate of drug-likeness (QED) is 0.530. The number of halogens is 6. The molecule has 0 saturated carbocycles. The number of carbonyl (C=O) groups excluding carboxylic acids is 1. The molecule has 0 bridgehead atoms. The molecule has 0 aliphatic rings. The zero-order valence-electron chi connectivity index (χ0n) is 13.6. The molecule has 146 valence electrons. The first-order valence-electron chi connectivity index (χ1n) is 7.28. The lowest BCUT2D eigenvalue weighted by molar-refractivity contribution is -0.137. The van der Waals surface area contributed by atoms with E-state index in [0.717, 1.165) is 19.0 Å². The summed E-state index contributed by atoms with van der Waals surface area (Å²) in [5.74, 6) is -0.0316. The molecule has 1 heterocycles. The summed E-state index contributed by atoms with van der Waals surface area (Å²) in [6, 6.07) is 0.802. The Morgan fingerprint density at radius 1 is 1.20 bits per heavy atom. The van der Waals surface area contributed by atoms with Crippen molar-refractivity contribution in [3.8, 4) is 0 Å². The Morgan fingerprint density at radius 2 is 1.88 bits per heavy atom. The number of aromatic nitrogens is 1. The molecule has 0 unspecified atom stereocenters. The predicted molar refractivity (Wildman–Crippen MR) is 98.0 cm³/mol. The second-order valence-electron chi connectivity index (χ2n) is 4.83. The van der Waals surface area contributed by atoms with Crippen molar-refractivity contribution >= 4 is 48.1 Å². The van der Waals surface area contributed by atoms with E-state index in [0.29, 0.717) is 19.3 Å². The summed E-state index contributed by atoms with van der Waals surface area (Å²) in [6.07, 6.45) is -2.58. The minimum atomic E-state index is -4.49. The number of anilines is 1. The highest BCUT2D eigenvalue weighted by Gasteiger charge is 2.31. The van der Waals surface area contributed by atoms with Gasteiger partial charge in [0, 0.05) is 32.3 Å². The van der Waals surface area contributed by atoms with Crippen molar-refractivity contribution in [3.05, 3.63) is 22.8 Å². The molecule has 0 atom stereocenters. The second-order valence-corrected chi connectivity index (χ2v) is 5.24. The summed E-state index contributed by atoms with van der Waals surface area (Å²) in [4.78, 5) is 15.2. The standard InChI is InChI=1S/C14H20ClF3N4O.2ClH/c1-2-4-19-6-7-20-12(23)3-5-21-13-11(15)8-10(9-22-13)14(16,17)18;;/h8-9,19H,2-7H2,1H3,(H,20,23)(H,21,22);2*1H. The molecule has 11 heteroatoms. The first-order valence-corrected chi connectivity index (χ1v) is 7.66. The molecule has 0 radical (unpaired) electrons. The lowest BCUT2D eigenvalue weighted by Crippen LogP contribution is -2.32. The van der Waals surface area contributed by atoms with Crippen molar-refractivity contribution in [1.82, 2.24) is 15.6 Å². The fourth-order valence-corrected chi connectivity index (χ4v) is 1.93. The summed E-state index contributed by atoms with van der Waals surface area (Å²) < 4.78 is 37.4. The lowest BCUT2D eigenvalue weighted by Gasteiger charge is -2.11. The molecule has 0 spiro atoms. The number of hydrogen-bond donors (Lipinski definition) is 3. The van der Waals surface area contributed by atoms with Gasteiger partial charge in [0.1, 0.15) is 5.82 Å². The Hall–Kier alpha value is -0.960. The summed E-state index contributed by atoms with van der Waals surface area (Å²) >= 11 is 5.75. The topological polar surface area (TPSA) is 66.0 Å². The third kappa shape index (κ3) is 10.6. The summed E-state index contributed by atoms with van der Waals surface area (Å²) in [6.45, 7) is 4.40. The minimum absolute atomic E-state index is 0. The predicted octanol–water partition coefficient (Wildman–Crippen LogP) is 3.52. The molecule has 5 nitrogen and oxygen atoms in total. The molecule has 1 aromatic rings. The molecule has 0 saturated heterocycles. The molecule has 0 aliphatic carbocycles. The molecular formula is C14H22Cl3F3N4O. The average molecular weight is 426 g/mol. The molecule has 1 aromatic heterocycles. The molecule has 0 aromatic carbocycles. The molecule has 0 aliphatic heterocycles. The van der Waals surface area contributed by atoms with Crippen LogP contribution in [0.2, 0.25) is 5.02 Å². The van der Waals surface area contributed by atoms with Crippen LogP contribution in [-0.2, 0) is 11.0 Å². The lowest BCUT2D eigenvalue weighted by atomic mass is 10.2. The van der Waals surface area contributed by atoms with Gasteiger partial charge in [-0.25, -0.2) is 4.98 Å². The average Bonchev–Trinajstić information content (AvgIpc) is 2.47. The van der Waals surface area contributed by atoms with Gasteiger partial charge < -0.3 is 16.0 Å². The molecule has 3 N–H and O–H groups in total. The van der Waals surface area contributed by atoms with E-state index in [-0.39, 0.29) is 54.5 Å². The van der Waals surface area contributed by atoms with Crippen LogP contribution in [0.15, 0.2) is 12.3 Å². The van der Waals surface area contributed by atoms with Gasteiger partial charge in [-0.15, -0.1) is 24.8 Å². The highest BCUT2D eigenvalue weighted by atomic mass is 35.5. The Kier molecular flexibility index (Phi) is 13.9. The van der Waals surface area contributed by atoms with E-state index in [1.807, 2.05) is 0 Å². The van der Waals surface area contributed by atoms with E-state index >= 15 is 0 Å². The molecule has 1 amide bonds. The van der Waals surface area contributed by atoms with Gasteiger partial charge in [-0.1, -0.05) is 18.5 Å². The number of carbonyl (C=O) groups is 1. The Morgan fingerprint density at radius 3 is 2.44 bits per heavy atom. The SMILES string of the molecule is CCCNCCNC(=O)CCNc1ncc(C(F)(F)F)cc1Cl.Cl.Cl.